The van der Waals surface area contributed by atoms with Crippen LogP contribution in [0.25, 0.3) is 21.3 Å². The van der Waals surface area contributed by atoms with E-state index >= 15 is 0 Å². The van der Waals surface area contributed by atoms with Gasteiger partial charge in [0.05, 0.1) is 21.6 Å². The van der Waals surface area contributed by atoms with Crippen LogP contribution in [0, 0.1) is 0 Å². The first-order valence-electron chi connectivity index (χ1n) is 6.63. The topological polar surface area (TPSA) is 59.1 Å². The summed E-state index contributed by atoms with van der Waals surface area (Å²) in [6.45, 7) is 0. The molecule has 4 nitrogen and oxygen atoms in total. The standard InChI is InChI=1S/C16H9ClN2O2S/c17-7-12(20)18-10-5-1-3-8-13(10)16(21)9-4-2-6-11-14(9)15(8)19-22-11/h1-6H,7H2,(H,18,20). The maximum atomic E-state index is 12.9. The number of rotatable bonds is 2. The second kappa shape index (κ2) is 4.90. The van der Waals surface area contributed by atoms with E-state index in [4.69, 9.17) is 11.6 Å². The normalized spacial score (nSPS) is 12.3. The number of amides is 1. The zero-order valence-corrected chi connectivity index (χ0v) is 12.8. The van der Waals surface area contributed by atoms with Gasteiger partial charge in [0.25, 0.3) is 0 Å². The summed E-state index contributed by atoms with van der Waals surface area (Å²) in [5.41, 5.74) is 3.13. The van der Waals surface area contributed by atoms with E-state index in [1.807, 2.05) is 18.2 Å². The summed E-state index contributed by atoms with van der Waals surface area (Å²) >= 11 is 6.91. The number of nitrogens with zero attached hydrogens (tertiary/aromatic N) is 1. The maximum absolute atomic E-state index is 12.9. The van der Waals surface area contributed by atoms with Crippen LogP contribution in [-0.2, 0) is 4.79 Å². The van der Waals surface area contributed by atoms with Crippen molar-refractivity contribution in [3.8, 4) is 11.3 Å². The second-order valence-corrected chi connectivity index (χ2v) is 6.02. The molecule has 0 radical (unpaired) electrons. The van der Waals surface area contributed by atoms with Crippen molar-refractivity contribution >= 4 is 50.6 Å². The van der Waals surface area contributed by atoms with Crippen molar-refractivity contribution in [2.24, 2.45) is 0 Å². The number of nitrogens with one attached hydrogen (secondary N) is 1. The smallest absolute Gasteiger partial charge is 0.239 e. The first-order valence-corrected chi connectivity index (χ1v) is 7.94. The highest BCUT2D eigenvalue weighted by Gasteiger charge is 2.29. The molecule has 0 aliphatic heterocycles. The fourth-order valence-corrected chi connectivity index (χ4v) is 3.67. The summed E-state index contributed by atoms with van der Waals surface area (Å²) in [6.07, 6.45) is 0. The molecular weight excluding hydrogens is 320 g/mol. The molecule has 1 aromatic heterocycles. The largest absolute Gasteiger partial charge is 0.324 e. The van der Waals surface area contributed by atoms with Crippen molar-refractivity contribution in [2.45, 2.75) is 0 Å². The molecule has 0 atom stereocenters. The molecule has 1 N–H and O–H groups in total. The van der Waals surface area contributed by atoms with Gasteiger partial charge in [0.2, 0.25) is 5.91 Å². The van der Waals surface area contributed by atoms with Crippen molar-refractivity contribution in [1.82, 2.24) is 4.37 Å². The molecule has 3 aromatic rings. The first kappa shape index (κ1) is 13.4. The van der Waals surface area contributed by atoms with Crippen molar-refractivity contribution in [1.29, 1.82) is 0 Å². The quantitative estimate of drug-likeness (QED) is 0.571. The average molecular weight is 329 g/mol. The number of alkyl halides is 1. The number of aromatic nitrogens is 1. The molecule has 2 aromatic carbocycles. The number of hydrogen-bond donors (Lipinski definition) is 1. The SMILES string of the molecule is O=C(CCl)Nc1cccc2c1C(=O)c1cccc3snc-2c13. The monoisotopic (exact) mass is 328 g/mol. The number of benzene rings is 2. The molecule has 22 heavy (non-hydrogen) atoms. The molecule has 0 saturated carbocycles. The Labute approximate surface area is 134 Å². The first-order chi connectivity index (χ1) is 10.7. The molecule has 4 rings (SSSR count). The number of ketones is 1. The number of carbonyl (C=O) groups is 2. The zero-order valence-electron chi connectivity index (χ0n) is 11.2. The number of halogens is 1. The van der Waals surface area contributed by atoms with Gasteiger partial charge in [0.15, 0.2) is 5.78 Å². The molecule has 0 bridgehead atoms. The van der Waals surface area contributed by atoms with Gasteiger partial charge in [-0.15, -0.1) is 11.6 Å². The van der Waals surface area contributed by atoms with Gasteiger partial charge in [-0.05, 0) is 23.7 Å². The molecular formula is C16H9ClN2O2S. The van der Waals surface area contributed by atoms with Crippen LogP contribution in [-0.4, -0.2) is 21.9 Å². The zero-order chi connectivity index (χ0) is 15.3. The minimum Gasteiger partial charge on any atom is -0.324 e. The highest BCUT2D eigenvalue weighted by Crippen LogP contribution is 2.42. The van der Waals surface area contributed by atoms with Gasteiger partial charge in [-0.3, -0.25) is 9.59 Å². The molecule has 1 heterocycles. The molecule has 1 amide bonds. The van der Waals surface area contributed by atoms with Crippen molar-refractivity contribution in [3.63, 3.8) is 0 Å². The fourth-order valence-electron chi connectivity index (χ4n) is 2.78. The Morgan fingerprint density at radius 1 is 1.18 bits per heavy atom. The number of anilines is 1. The van der Waals surface area contributed by atoms with E-state index in [2.05, 4.69) is 9.69 Å². The van der Waals surface area contributed by atoms with Crippen LogP contribution in [0.3, 0.4) is 0 Å². The lowest BCUT2D eigenvalue weighted by atomic mass is 9.86. The minimum absolute atomic E-state index is 0.0984. The predicted octanol–water partition coefficient (Wildman–Crippen LogP) is 3.69. The van der Waals surface area contributed by atoms with Crippen LogP contribution in [0.4, 0.5) is 5.69 Å². The van der Waals surface area contributed by atoms with Crippen LogP contribution in [0.15, 0.2) is 36.4 Å². The van der Waals surface area contributed by atoms with Crippen molar-refractivity contribution in [3.05, 3.63) is 47.5 Å². The van der Waals surface area contributed by atoms with Crippen LogP contribution in [0.2, 0.25) is 0 Å². The molecule has 0 saturated heterocycles. The summed E-state index contributed by atoms with van der Waals surface area (Å²) < 4.78 is 5.48. The number of carbonyl (C=O) groups excluding carboxylic acids is 2. The maximum Gasteiger partial charge on any atom is 0.239 e. The van der Waals surface area contributed by atoms with E-state index < -0.39 is 0 Å². The molecule has 0 unspecified atom stereocenters. The summed E-state index contributed by atoms with van der Waals surface area (Å²) in [5.74, 6) is -0.598. The highest BCUT2D eigenvalue weighted by atomic mass is 35.5. The third-order valence-electron chi connectivity index (χ3n) is 3.69. The van der Waals surface area contributed by atoms with E-state index in [9.17, 15) is 9.59 Å². The van der Waals surface area contributed by atoms with Crippen LogP contribution >= 0.6 is 23.1 Å². The molecule has 1 aliphatic rings. The van der Waals surface area contributed by atoms with Crippen LogP contribution in [0.5, 0.6) is 0 Å². The Bertz CT molecular complexity index is 948. The van der Waals surface area contributed by atoms with Crippen LogP contribution < -0.4 is 5.32 Å². The number of hydrogen-bond acceptors (Lipinski definition) is 4. The van der Waals surface area contributed by atoms with E-state index in [0.29, 0.717) is 16.8 Å². The molecule has 1 aliphatic carbocycles. The van der Waals surface area contributed by atoms with E-state index in [-0.39, 0.29) is 17.6 Å². The lowest BCUT2D eigenvalue weighted by molar-refractivity contribution is -0.113. The van der Waals surface area contributed by atoms with E-state index in [1.165, 1.54) is 11.5 Å². The van der Waals surface area contributed by atoms with Gasteiger partial charge in [0, 0.05) is 16.5 Å². The second-order valence-electron chi connectivity index (χ2n) is 4.95. The van der Waals surface area contributed by atoms with Crippen molar-refractivity contribution < 1.29 is 9.59 Å². The van der Waals surface area contributed by atoms with Gasteiger partial charge < -0.3 is 5.32 Å². The third-order valence-corrected chi connectivity index (χ3v) is 4.74. The van der Waals surface area contributed by atoms with Gasteiger partial charge in [0.1, 0.15) is 5.88 Å². The Balaban J connectivity index is 2.01. The summed E-state index contributed by atoms with van der Waals surface area (Å²) in [6, 6.07) is 11.0. The van der Waals surface area contributed by atoms with Crippen molar-refractivity contribution in [2.75, 3.05) is 11.2 Å². The summed E-state index contributed by atoms with van der Waals surface area (Å²) in [5, 5.41) is 3.58. The Morgan fingerprint density at radius 2 is 1.95 bits per heavy atom. The van der Waals surface area contributed by atoms with E-state index in [0.717, 1.165) is 21.3 Å². The summed E-state index contributed by atoms with van der Waals surface area (Å²) in [7, 11) is 0. The molecule has 108 valence electrons. The van der Waals surface area contributed by atoms with Gasteiger partial charge >= 0.3 is 0 Å². The molecule has 0 fully saturated rings. The van der Waals surface area contributed by atoms with Crippen LogP contribution in [0.1, 0.15) is 15.9 Å². The lowest BCUT2D eigenvalue weighted by Gasteiger charge is -2.18. The number of fused-ring (bicyclic) bond motifs is 2. The fraction of sp³-hybridized carbons (Fsp3) is 0.0625. The minimum atomic E-state index is -0.342. The van der Waals surface area contributed by atoms with Gasteiger partial charge in [-0.25, -0.2) is 0 Å². The third kappa shape index (κ3) is 1.79. The summed E-state index contributed by atoms with van der Waals surface area (Å²) in [4.78, 5) is 24.5. The molecule has 0 spiro atoms. The predicted molar refractivity (Wildman–Crippen MR) is 87.8 cm³/mol. The highest BCUT2D eigenvalue weighted by molar-refractivity contribution is 7.13. The Hall–Kier alpha value is -2.24. The lowest BCUT2D eigenvalue weighted by Crippen LogP contribution is -2.18. The van der Waals surface area contributed by atoms with Gasteiger partial charge in [-0.1, -0.05) is 24.3 Å². The average Bonchev–Trinajstić information content (AvgIpc) is 2.97. The van der Waals surface area contributed by atoms with Gasteiger partial charge in [-0.2, -0.15) is 4.37 Å². The molecule has 6 heteroatoms. The Kier molecular flexibility index (Phi) is 2.99. The van der Waals surface area contributed by atoms with E-state index in [1.54, 1.807) is 18.2 Å². The Morgan fingerprint density at radius 3 is 2.77 bits per heavy atom.